The van der Waals surface area contributed by atoms with Gasteiger partial charge in [-0.3, -0.25) is 4.57 Å². The van der Waals surface area contributed by atoms with Crippen molar-refractivity contribution in [2.24, 2.45) is 0 Å². The van der Waals surface area contributed by atoms with Gasteiger partial charge >= 0.3 is 0 Å². The molecule has 0 radical (unpaired) electrons. The first kappa shape index (κ1) is 39.1. The molecule has 0 fully saturated rings. The number of aromatic nitrogens is 6. The van der Waals surface area contributed by atoms with Crippen LogP contribution in [0.2, 0.25) is 0 Å². The fourth-order valence-corrected chi connectivity index (χ4v) is 9.78. The molecule has 0 unspecified atom stereocenters. The molecule has 0 amide bonds. The molecule has 0 aliphatic heterocycles. The Kier molecular flexibility index (Phi) is 9.39. The van der Waals surface area contributed by atoms with Gasteiger partial charge in [-0.2, -0.15) is 9.97 Å². The Hall–Kier alpha value is -9.26. The molecule has 6 nitrogen and oxygen atoms in total. The average molecular weight is 869 g/mol. The summed E-state index contributed by atoms with van der Waals surface area (Å²) in [5.41, 5.74) is 15.9. The molecule has 0 bridgehead atoms. The van der Waals surface area contributed by atoms with E-state index in [0.717, 1.165) is 83.3 Å². The average Bonchev–Trinajstić information content (AvgIpc) is 3.95. The lowest BCUT2D eigenvalue weighted by Gasteiger charge is -2.13. The third-order valence-electron chi connectivity index (χ3n) is 13.0. The van der Waals surface area contributed by atoms with Gasteiger partial charge < -0.3 is 4.57 Å². The van der Waals surface area contributed by atoms with E-state index in [-0.39, 0.29) is 0 Å². The maximum absolute atomic E-state index is 5.22. The molecule has 0 aliphatic carbocycles. The van der Waals surface area contributed by atoms with Crippen LogP contribution in [0.3, 0.4) is 0 Å². The van der Waals surface area contributed by atoms with Crippen LogP contribution >= 0.6 is 0 Å². The van der Waals surface area contributed by atoms with Gasteiger partial charge in [0.25, 0.3) is 0 Å². The highest BCUT2D eigenvalue weighted by Crippen LogP contribution is 2.43. The topological polar surface area (TPSA) is 61.4 Å². The van der Waals surface area contributed by atoms with Gasteiger partial charge in [-0.1, -0.05) is 194 Å². The molecular formula is C62H40N6. The zero-order valence-electron chi connectivity index (χ0n) is 36.8. The summed E-state index contributed by atoms with van der Waals surface area (Å²) in [6, 6.07) is 85.1. The van der Waals surface area contributed by atoms with Crippen LogP contribution in [0.15, 0.2) is 243 Å². The third-order valence-corrected chi connectivity index (χ3v) is 13.0. The largest absolute Gasteiger partial charge is 0.309 e. The molecule has 13 aromatic rings. The lowest BCUT2D eigenvalue weighted by atomic mass is 9.98. The van der Waals surface area contributed by atoms with Crippen molar-refractivity contribution in [2.45, 2.75) is 0 Å². The van der Waals surface area contributed by atoms with Crippen molar-refractivity contribution in [1.82, 2.24) is 29.1 Å². The Morgan fingerprint density at radius 2 is 0.632 bits per heavy atom. The number of benzene rings is 9. The fourth-order valence-electron chi connectivity index (χ4n) is 9.78. The molecule has 0 N–H and O–H groups in total. The quantitative estimate of drug-likeness (QED) is 0.153. The molecule has 13 rings (SSSR count). The first-order valence-electron chi connectivity index (χ1n) is 22.9. The highest BCUT2D eigenvalue weighted by molar-refractivity contribution is 6.28. The minimum atomic E-state index is 0.571. The van der Waals surface area contributed by atoms with E-state index in [2.05, 4.69) is 185 Å². The molecule has 0 saturated carbocycles. The summed E-state index contributed by atoms with van der Waals surface area (Å²) < 4.78 is 4.60. The summed E-state index contributed by atoms with van der Waals surface area (Å²) in [5.74, 6) is 1.82. The zero-order valence-corrected chi connectivity index (χ0v) is 36.8. The highest BCUT2D eigenvalue weighted by Gasteiger charge is 2.23. The predicted molar refractivity (Wildman–Crippen MR) is 279 cm³/mol. The first-order chi connectivity index (χ1) is 33.7. The van der Waals surface area contributed by atoms with Crippen molar-refractivity contribution in [2.75, 3.05) is 0 Å². The van der Waals surface area contributed by atoms with Crippen molar-refractivity contribution in [3.05, 3.63) is 243 Å². The number of rotatable bonds is 8. The third kappa shape index (κ3) is 6.74. The SMILES string of the molecule is c1ccc(-c2ccc(-c3cc(-c4ccc(-n5c6ccccc6c6c7c8ccccc8n(-c8nc(-c9ccccc9)nc(-c9ccccc9)n8)c7ccc65)cc4)cc(-c4ccccc4)n3)cc2)cc1. The van der Waals surface area contributed by atoms with Crippen LogP contribution in [0.5, 0.6) is 0 Å². The van der Waals surface area contributed by atoms with Crippen molar-refractivity contribution in [1.29, 1.82) is 0 Å². The Morgan fingerprint density at radius 3 is 1.18 bits per heavy atom. The lowest BCUT2D eigenvalue weighted by molar-refractivity contribution is 0.953. The highest BCUT2D eigenvalue weighted by atomic mass is 15.2. The summed E-state index contributed by atoms with van der Waals surface area (Å²) in [6.45, 7) is 0. The number of para-hydroxylation sites is 2. The van der Waals surface area contributed by atoms with Gasteiger partial charge in [0.05, 0.1) is 33.5 Å². The zero-order chi connectivity index (χ0) is 45.0. The first-order valence-corrected chi connectivity index (χ1v) is 22.9. The van der Waals surface area contributed by atoms with Crippen LogP contribution in [-0.4, -0.2) is 29.1 Å². The van der Waals surface area contributed by atoms with Crippen molar-refractivity contribution in [3.63, 3.8) is 0 Å². The fraction of sp³-hybridized carbons (Fsp3) is 0. The molecule has 318 valence electrons. The number of pyridine rings is 1. The van der Waals surface area contributed by atoms with Gasteiger partial charge in [-0.05, 0) is 70.8 Å². The van der Waals surface area contributed by atoms with E-state index in [1.54, 1.807) is 0 Å². The summed E-state index contributed by atoms with van der Waals surface area (Å²) in [6.07, 6.45) is 0. The van der Waals surface area contributed by atoms with E-state index in [0.29, 0.717) is 17.6 Å². The monoisotopic (exact) mass is 868 g/mol. The summed E-state index contributed by atoms with van der Waals surface area (Å²) in [5, 5.41) is 4.64. The second-order valence-electron chi connectivity index (χ2n) is 17.1. The van der Waals surface area contributed by atoms with Gasteiger partial charge in [0.1, 0.15) is 0 Å². The van der Waals surface area contributed by atoms with Crippen LogP contribution in [0.4, 0.5) is 0 Å². The Balaban J connectivity index is 0.956. The maximum atomic E-state index is 5.22. The summed E-state index contributed by atoms with van der Waals surface area (Å²) in [4.78, 5) is 20.6. The van der Waals surface area contributed by atoms with Crippen molar-refractivity contribution < 1.29 is 0 Å². The van der Waals surface area contributed by atoms with Gasteiger partial charge in [-0.15, -0.1) is 0 Å². The van der Waals surface area contributed by atoms with E-state index < -0.39 is 0 Å². The number of fused-ring (bicyclic) bond motifs is 7. The van der Waals surface area contributed by atoms with E-state index in [1.165, 1.54) is 21.9 Å². The molecule has 9 aromatic carbocycles. The van der Waals surface area contributed by atoms with Crippen LogP contribution in [0.25, 0.3) is 123 Å². The normalized spacial score (nSPS) is 11.5. The lowest BCUT2D eigenvalue weighted by Crippen LogP contribution is -2.06. The minimum absolute atomic E-state index is 0.571. The van der Waals surface area contributed by atoms with E-state index in [4.69, 9.17) is 19.9 Å². The second kappa shape index (κ2) is 16.3. The molecule has 0 aliphatic rings. The van der Waals surface area contributed by atoms with E-state index >= 15 is 0 Å². The molecule has 0 saturated heterocycles. The minimum Gasteiger partial charge on any atom is -0.309 e. The molecule has 0 atom stereocenters. The molecule has 4 heterocycles. The van der Waals surface area contributed by atoms with Crippen LogP contribution in [-0.2, 0) is 0 Å². The van der Waals surface area contributed by atoms with Gasteiger partial charge in [0.15, 0.2) is 11.6 Å². The predicted octanol–water partition coefficient (Wildman–Crippen LogP) is 15.5. The Labute approximate surface area is 392 Å². The summed E-state index contributed by atoms with van der Waals surface area (Å²) >= 11 is 0. The van der Waals surface area contributed by atoms with Crippen LogP contribution < -0.4 is 0 Å². The van der Waals surface area contributed by atoms with Crippen molar-refractivity contribution >= 4 is 43.6 Å². The second-order valence-corrected chi connectivity index (χ2v) is 17.1. The van der Waals surface area contributed by atoms with Gasteiger partial charge in [-0.25, -0.2) is 9.97 Å². The smallest absolute Gasteiger partial charge is 0.238 e. The number of hydrogen-bond donors (Lipinski definition) is 0. The number of hydrogen-bond acceptors (Lipinski definition) is 4. The van der Waals surface area contributed by atoms with Crippen LogP contribution in [0, 0.1) is 0 Å². The van der Waals surface area contributed by atoms with Gasteiger partial charge in [0.2, 0.25) is 5.95 Å². The van der Waals surface area contributed by atoms with E-state index in [9.17, 15) is 0 Å². The number of nitrogens with zero attached hydrogens (tertiary/aromatic N) is 6. The standard InChI is InChI=1S/C62H40N6/c1-5-17-41(18-6-1)42-29-31-45(32-30-42)53-40-48(39-52(63-53)44-19-7-2-8-20-44)43-33-35-49(36-34-43)67-54-27-15-13-25-50(54)58-56(67)37-38-57-59(58)51-26-14-16-28-55(51)68(57)62-65-60(46-21-9-3-10-22-46)64-61(66-62)47-23-11-4-12-24-47/h1-40H. The molecular weight excluding hydrogens is 829 g/mol. The molecule has 4 aromatic heterocycles. The Bertz CT molecular complexity index is 3920. The van der Waals surface area contributed by atoms with Crippen LogP contribution in [0.1, 0.15) is 0 Å². The summed E-state index contributed by atoms with van der Waals surface area (Å²) in [7, 11) is 0. The molecule has 68 heavy (non-hydrogen) atoms. The molecule has 0 spiro atoms. The Morgan fingerprint density at radius 1 is 0.250 bits per heavy atom. The maximum Gasteiger partial charge on any atom is 0.238 e. The molecule has 6 heteroatoms. The van der Waals surface area contributed by atoms with Gasteiger partial charge in [0, 0.05) is 49.5 Å². The van der Waals surface area contributed by atoms with E-state index in [1.807, 2.05) is 66.7 Å². The van der Waals surface area contributed by atoms with Crippen molar-refractivity contribution in [3.8, 4) is 79.2 Å².